The van der Waals surface area contributed by atoms with Gasteiger partial charge in [0, 0.05) is 26.0 Å². The molecule has 110 valence electrons. The van der Waals surface area contributed by atoms with Crippen LogP contribution in [0.25, 0.3) is 0 Å². The number of hydrogen-bond acceptors (Lipinski definition) is 4. The smallest absolute Gasteiger partial charge is 0.240 e. The third kappa shape index (κ3) is 3.90. The van der Waals surface area contributed by atoms with E-state index in [2.05, 4.69) is 4.99 Å². The van der Waals surface area contributed by atoms with Crippen LogP contribution in [0.2, 0.25) is 0 Å². The first kappa shape index (κ1) is 15.2. The summed E-state index contributed by atoms with van der Waals surface area (Å²) in [5.41, 5.74) is 2.29. The second-order valence-corrected chi connectivity index (χ2v) is 6.29. The van der Waals surface area contributed by atoms with Crippen LogP contribution in [-0.4, -0.2) is 28.7 Å². The highest BCUT2D eigenvalue weighted by atomic mass is 32.2. The van der Waals surface area contributed by atoms with Gasteiger partial charge in [-0.25, -0.2) is 13.6 Å². The first-order valence-corrected chi connectivity index (χ1v) is 7.86. The number of anilines is 1. The Labute approximate surface area is 124 Å². The van der Waals surface area contributed by atoms with Crippen molar-refractivity contribution in [3.63, 3.8) is 0 Å². The lowest BCUT2D eigenvalue weighted by molar-refractivity contribution is 0.598. The summed E-state index contributed by atoms with van der Waals surface area (Å²) >= 11 is 0. The third-order valence-corrected chi connectivity index (χ3v) is 3.89. The van der Waals surface area contributed by atoms with Crippen molar-refractivity contribution in [2.45, 2.75) is 4.90 Å². The molecule has 0 unspecified atom stereocenters. The fraction of sp³-hybridized carbons (Fsp3) is 0.133. The predicted octanol–water partition coefficient (Wildman–Crippen LogP) is 2.15. The fourth-order valence-electron chi connectivity index (χ4n) is 1.81. The summed E-state index contributed by atoms with van der Waals surface area (Å²) in [6, 6.07) is 14.2. The molecule has 0 radical (unpaired) electrons. The van der Waals surface area contributed by atoms with Crippen molar-refractivity contribution in [1.29, 1.82) is 0 Å². The molecule has 21 heavy (non-hydrogen) atoms. The second kappa shape index (κ2) is 6.07. The molecule has 0 fully saturated rings. The second-order valence-electron chi connectivity index (χ2n) is 4.76. The molecule has 6 heteroatoms. The van der Waals surface area contributed by atoms with Crippen molar-refractivity contribution in [2.75, 3.05) is 19.0 Å². The highest BCUT2D eigenvalue weighted by molar-refractivity contribution is 7.89. The molecule has 2 rings (SSSR count). The van der Waals surface area contributed by atoms with Gasteiger partial charge in [0.25, 0.3) is 0 Å². The van der Waals surface area contributed by atoms with E-state index in [1.54, 1.807) is 24.4 Å². The van der Waals surface area contributed by atoms with Gasteiger partial charge in [-0.05, 0) is 29.8 Å². The summed E-state index contributed by atoms with van der Waals surface area (Å²) in [5, 5.41) is 5.17. The zero-order valence-corrected chi connectivity index (χ0v) is 12.7. The highest BCUT2D eigenvalue weighted by Gasteiger charge is 2.11. The van der Waals surface area contributed by atoms with Gasteiger partial charge in [0.1, 0.15) is 4.90 Å². The van der Waals surface area contributed by atoms with Crippen LogP contribution in [0.15, 0.2) is 58.4 Å². The Balaban J connectivity index is 2.30. The van der Waals surface area contributed by atoms with Crippen LogP contribution in [0.4, 0.5) is 11.4 Å². The van der Waals surface area contributed by atoms with Crippen molar-refractivity contribution in [3.8, 4) is 0 Å². The monoisotopic (exact) mass is 303 g/mol. The molecular weight excluding hydrogens is 286 g/mol. The Morgan fingerprint density at radius 2 is 1.67 bits per heavy atom. The SMILES string of the molecule is CN(C)c1ccc(C=Nc2ccccc2S(N)(=O)=O)cc1. The maximum atomic E-state index is 11.5. The molecule has 5 nitrogen and oxygen atoms in total. The van der Waals surface area contributed by atoms with E-state index >= 15 is 0 Å². The number of primary sulfonamides is 1. The van der Waals surface area contributed by atoms with Crippen LogP contribution in [0, 0.1) is 0 Å². The largest absolute Gasteiger partial charge is 0.378 e. The van der Waals surface area contributed by atoms with Gasteiger partial charge in [-0.15, -0.1) is 0 Å². The van der Waals surface area contributed by atoms with Gasteiger partial charge in [-0.3, -0.25) is 4.99 Å². The van der Waals surface area contributed by atoms with Gasteiger partial charge < -0.3 is 4.90 Å². The van der Waals surface area contributed by atoms with Crippen molar-refractivity contribution < 1.29 is 8.42 Å². The summed E-state index contributed by atoms with van der Waals surface area (Å²) < 4.78 is 23.0. The maximum absolute atomic E-state index is 11.5. The van der Waals surface area contributed by atoms with Crippen molar-refractivity contribution >= 4 is 27.6 Å². The number of sulfonamides is 1. The summed E-state index contributed by atoms with van der Waals surface area (Å²) in [6.45, 7) is 0. The lowest BCUT2D eigenvalue weighted by Crippen LogP contribution is -2.12. The molecule has 2 N–H and O–H groups in total. The van der Waals surface area contributed by atoms with E-state index in [9.17, 15) is 8.42 Å². The third-order valence-electron chi connectivity index (χ3n) is 2.93. The van der Waals surface area contributed by atoms with E-state index in [0.29, 0.717) is 5.69 Å². The Morgan fingerprint density at radius 1 is 1.05 bits per heavy atom. The molecule has 2 aromatic carbocycles. The lowest BCUT2D eigenvalue weighted by Gasteiger charge is -2.11. The molecule has 0 saturated carbocycles. The number of nitrogens with zero attached hydrogens (tertiary/aromatic N) is 2. The Morgan fingerprint density at radius 3 is 2.24 bits per heavy atom. The first-order chi connectivity index (χ1) is 9.88. The predicted molar refractivity (Wildman–Crippen MR) is 85.8 cm³/mol. The van der Waals surface area contributed by atoms with E-state index in [0.717, 1.165) is 11.3 Å². The molecular formula is C15H17N3O2S. The van der Waals surface area contributed by atoms with Crippen LogP contribution in [0.3, 0.4) is 0 Å². The van der Waals surface area contributed by atoms with Crippen molar-refractivity contribution in [1.82, 2.24) is 0 Å². The number of aliphatic imine (C=N–C) groups is 1. The van der Waals surface area contributed by atoms with E-state index in [4.69, 9.17) is 5.14 Å². The molecule has 2 aromatic rings. The zero-order chi connectivity index (χ0) is 15.5. The van der Waals surface area contributed by atoms with Crippen LogP contribution < -0.4 is 10.0 Å². The number of rotatable bonds is 4. The number of para-hydroxylation sites is 1. The summed E-state index contributed by atoms with van der Waals surface area (Å²) in [7, 11) is 0.151. The van der Waals surface area contributed by atoms with Crippen molar-refractivity contribution in [3.05, 3.63) is 54.1 Å². The molecule has 0 amide bonds. The average molecular weight is 303 g/mol. The Hall–Kier alpha value is -2.18. The minimum Gasteiger partial charge on any atom is -0.378 e. The van der Waals surface area contributed by atoms with Gasteiger partial charge in [0.05, 0.1) is 5.69 Å². The van der Waals surface area contributed by atoms with E-state index in [1.807, 2.05) is 43.3 Å². The normalized spacial score (nSPS) is 11.8. The molecule has 0 heterocycles. The van der Waals surface area contributed by atoms with E-state index in [1.165, 1.54) is 6.07 Å². The van der Waals surface area contributed by atoms with Gasteiger partial charge in [0.2, 0.25) is 10.0 Å². The van der Waals surface area contributed by atoms with Crippen LogP contribution >= 0.6 is 0 Å². The summed E-state index contributed by atoms with van der Waals surface area (Å²) in [6.07, 6.45) is 1.61. The van der Waals surface area contributed by atoms with Crippen LogP contribution in [0.5, 0.6) is 0 Å². The molecule has 0 saturated heterocycles. The molecule has 0 aromatic heterocycles. The van der Waals surface area contributed by atoms with Crippen LogP contribution in [0.1, 0.15) is 5.56 Å². The average Bonchev–Trinajstić information content (AvgIpc) is 2.45. The van der Waals surface area contributed by atoms with Crippen LogP contribution in [-0.2, 0) is 10.0 Å². The highest BCUT2D eigenvalue weighted by Crippen LogP contribution is 2.22. The maximum Gasteiger partial charge on any atom is 0.240 e. The first-order valence-electron chi connectivity index (χ1n) is 6.31. The molecule has 0 bridgehead atoms. The Kier molecular flexibility index (Phi) is 4.40. The minimum atomic E-state index is -3.78. The molecule has 0 aliphatic carbocycles. The zero-order valence-electron chi connectivity index (χ0n) is 11.9. The van der Waals surface area contributed by atoms with E-state index < -0.39 is 10.0 Å². The van der Waals surface area contributed by atoms with Gasteiger partial charge in [-0.2, -0.15) is 0 Å². The van der Waals surface area contributed by atoms with Crippen molar-refractivity contribution in [2.24, 2.45) is 10.1 Å². The number of hydrogen-bond donors (Lipinski definition) is 1. The Bertz CT molecular complexity index is 751. The molecule has 0 spiro atoms. The lowest BCUT2D eigenvalue weighted by atomic mass is 10.2. The summed E-state index contributed by atoms with van der Waals surface area (Å²) in [5.74, 6) is 0. The number of nitrogens with two attached hydrogens (primary N) is 1. The topological polar surface area (TPSA) is 75.8 Å². The quantitative estimate of drug-likeness (QED) is 0.879. The molecule has 0 aliphatic heterocycles. The summed E-state index contributed by atoms with van der Waals surface area (Å²) in [4.78, 5) is 6.24. The van der Waals surface area contributed by atoms with E-state index in [-0.39, 0.29) is 4.90 Å². The van der Waals surface area contributed by atoms with Gasteiger partial charge >= 0.3 is 0 Å². The molecule has 0 aliphatic rings. The van der Waals surface area contributed by atoms with Gasteiger partial charge in [0.15, 0.2) is 0 Å². The fourth-order valence-corrected chi connectivity index (χ4v) is 2.49. The number of benzene rings is 2. The molecule has 0 atom stereocenters. The standard InChI is InChI=1S/C15H17N3O2S/c1-18(2)13-9-7-12(8-10-13)11-17-14-5-3-4-6-15(14)21(16,19)20/h3-11H,1-2H3,(H2,16,19,20). The van der Waals surface area contributed by atoms with Gasteiger partial charge in [-0.1, -0.05) is 24.3 Å². The minimum absolute atomic E-state index is 0.0196.